The Balaban J connectivity index is 1.80. The highest BCUT2D eigenvalue weighted by atomic mass is 32.2. The molecule has 1 aromatic rings. The number of hydrogen-bond donors (Lipinski definition) is 2. The van der Waals surface area contributed by atoms with Gasteiger partial charge in [0.2, 0.25) is 0 Å². The van der Waals surface area contributed by atoms with Crippen LogP contribution in [0.2, 0.25) is 0 Å². The van der Waals surface area contributed by atoms with Crippen LogP contribution in [-0.4, -0.2) is 22.8 Å². The number of hydrogen-bond acceptors (Lipinski definition) is 5. The minimum atomic E-state index is 0.532. The maximum absolute atomic E-state index is 5.69. The second-order valence-corrected chi connectivity index (χ2v) is 4.95. The summed E-state index contributed by atoms with van der Waals surface area (Å²) in [5.74, 6) is 2.37. The van der Waals surface area contributed by atoms with E-state index in [1.165, 1.54) is 37.4 Å². The molecule has 0 saturated heterocycles. The smallest absolute Gasteiger partial charge is 0.191 e. The van der Waals surface area contributed by atoms with Crippen LogP contribution < -0.4 is 11.1 Å². The van der Waals surface area contributed by atoms with Crippen LogP contribution in [0.1, 0.15) is 25.7 Å². The molecular formula is C11H18N4S. The first-order valence-electron chi connectivity index (χ1n) is 5.70. The number of rotatable bonds is 6. The van der Waals surface area contributed by atoms with Gasteiger partial charge in [-0.25, -0.2) is 9.97 Å². The number of thioether (sulfide) groups is 1. The standard InChI is InChI=1S/C11H18N4S/c1-16-11-14-9(12)7-10(15-11)13-6-2-3-8-4-5-8/h7-8H,2-6H2,1H3,(H3,12,13,14,15). The highest BCUT2D eigenvalue weighted by Crippen LogP contribution is 2.33. The molecule has 2 rings (SSSR count). The predicted octanol–water partition coefficient (Wildman–Crippen LogP) is 2.38. The first-order chi connectivity index (χ1) is 7.78. The fourth-order valence-electron chi connectivity index (χ4n) is 1.64. The summed E-state index contributed by atoms with van der Waals surface area (Å²) in [5, 5.41) is 4.03. The molecule has 1 fully saturated rings. The van der Waals surface area contributed by atoms with Gasteiger partial charge in [-0.3, -0.25) is 0 Å². The van der Waals surface area contributed by atoms with Crippen LogP contribution in [-0.2, 0) is 0 Å². The van der Waals surface area contributed by atoms with E-state index < -0.39 is 0 Å². The fraction of sp³-hybridized carbons (Fsp3) is 0.636. The van der Waals surface area contributed by atoms with Gasteiger partial charge in [-0.15, -0.1) is 0 Å². The Morgan fingerprint density at radius 3 is 3.00 bits per heavy atom. The van der Waals surface area contributed by atoms with Crippen LogP contribution in [0.25, 0.3) is 0 Å². The number of nitrogen functional groups attached to an aromatic ring is 1. The number of nitrogens with one attached hydrogen (secondary N) is 1. The second-order valence-electron chi connectivity index (χ2n) is 4.18. The Morgan fingerprint density at radius 2 is 2.31 bits per heavy atom. The lowest BCUT2D eigenvalue weighted by Crippen LogP contribution is -2.06. The van der Waals surface area contributed by atoms with Crippen LogP contribution >= 0.6 is 11.8 Å². The van der Waals surface area contributed by atoms with Crippen molar-refractivity contribution in [1.29, 1.82) is 0 Å². The summed E-state index contributed by atoms with van der Waals surface area (Å²) in [6.07, 6.45) is 7.35. The average molecular weight is 238 g/mol. The van der Waals surface area contributed by atoms with Gasteiger partial charge in [-0.05, 0) is 25.0 Å². The summed E-state index contributed by atoms with van der Waals surface area (Å²) >= 11 is 1.51. The molecule has 0 amide bonds. The summed E-state index contributed by atoms with van der Waals surface area (Å²) in [4.78, 5) is 8.45. The molecule has 3 N–H and O–H groups in total. The average Bonchev–Trinajstić information content (AvgIpc) is 3.07. The van der Waals surface area contributed by atoms with Crippen molar-refractivity contribution in [1.82, 2.24) is 9.97 Å². The SMILES string of the molecule is CSc1nc(N)cc(NCCCC2CC2)n1. The first kappa shape index (κ1) is 11.5. The Labute approximate surface area is 100 Å². The van der Waals surface area contributed by atoms with Crippen molar-refractivity contribution in [3.8, 4) is 0 Å². The molecule has 5 heteroatoms. The molecule has 0 spiro atoms. The molecule has 16 heavy (non-hydrogen) atoms. The van der Waals surface area contributed by atoms with E-state index in [9.17, 15) is 0 Å². The van der Waals surface area contributed by atoms with Gasteiger partial charge in [0.1, 0.15) is 11.6 Å². The molecule has 0 aromatic carbocycles. The molecule has 0 unspecified atom stereocenters. The zero-order chi connectivity index (χ0) is 11.4. The van der Waals surface area contributed by atoms with Crippen LogP contribution in [0.15, 0.2) is 11.2 Å². The Hall–Kier alpha value is -0.970. The molecule has 4 nitrogen and oxygen atoms in total. The topological polar surface area (TPSA) is 63.8 Å². The van der Waals surface area contributed by atoms with Gasteiger partial charge in [0.25, 0.3) is 0 Å². The number of nitrogens with two attached hydrogens (primary N) is 1. The van der Waals surface area contributed by atoms with Crippen molar-refractivity contribution < 1.29 is 0 Å². The third kappa shape index (κ3) is 3.56. The van der Waals surface area contributed by atoms with Crippen molar-refractivity contribution in [3.63, 3.8) is 0 Å². The molecule has 1 aromatic heterocycles. The zero-order valence-electron chi connectivity index (χ0n) is 9.57. The summed E-state index contributed by atoms with van der Waals surface area (Å²) in [6.45, 7) is 0.973. The van der Waals surface area contributed by atoms with Crippen LogP contribution in [0.5, 0.6) is 0 Å². The monoisotopic (exact) mass is 238 g/mol. The van der Waals surface area contributed by atoms with Crippen molar-refractivity contribution in [2.75, 3.05) is 23.9 Å². The molecule has 0 radical (unpaired) electrons. The Morgan fingerprint density at radius 1 is 1.50 bits per heavy atom. The maximum atomic E-state index is 5.69. The maximum Gasteiger partial charge on any atom is 0.191 e. The molecule has 88 valence electrons. The lowest BCUT2D eigenvalue weighted by Gasteiger charge is -2.06. The highest BCUT2D eigenvalue weighted by molar-refractivity contribution is 7.98. The van der Waals surface area contributed by atoms with Crippen LogP contribution in [0.3, 0.4) is 0 Å². The molecule has 1 aliphatic carbocycles. The first-order valence-corrected chi connectivity index (χ1v) is 6.93. The van der Waals surface area contributed by atoms with Gasteiger partial charge in [-0.1, -0.05) is 24.6 Å². The number of anilines is 2. The molecule has 1 aliphatic rings. The lowest BCUT2D eigenvalue weighted by atomic mass is 10.2. The molecule has 0 atom stereocenters. The van der Waals surface area contributed by atoms with E-state index in [-0.39, 0.29) is 0 Å². The largest absolute Gasteiger partial charge is 0.383 e. The summed E-state index contributed by atoms with van der Waals surface area (Å²) in [6, 6.07) is 1.79. The predicted molar refractivity (Wildman–Crippen MR) is 68.7 cm³/mol. The normalized spacial score (nSPS) is 15.1. The van der Waals surface area contributed by atoms with Crippen molar-refractivity contribution in [2.45, 2.75) is 30.8 Å². The van der Waals surface area contributed by atoms with E-state index in [4.69, 9.17) is 5.73 Å². The van der Waals surface area contributed by atoms with Crippen molar-refractivity contribution in [3.05, 3.63) is 6.07 Å². The lowest BCUT2D eigenvalue weighted by molar-refractivity contribution is 0.686. The van der Waals surface area contributed by atoms with E-state index in [0.29, 0.717) is 5.82 Å². The van der Waals surface area contributed by atoms with Crippen molar-refractivity contribution in [2.24, 2.45) is 5.92 Å². The van der Waals surface area contributed by atoms with E-state index in [1.54, 1.807) is 6.07 Å². The zero-order valence-corrected chi connectivity index (χ0v) is 10.4. The second kappa shape index (κ2) is 5.39. The van der Waals surface area contributed by atoms with Crippen LogP contribution in [0, 0.1) is 5.92 Å². The minimum Gasteiger partial charge on any atom is -0.383 e. The van der Waals surface area contributed by atoms with Crippen LogP contribution in [0.4, 0.5) is 11.6 Å². The van der Waals surface area contributed by atoms with E-state index >= 15 is 0 Å². The van der Waals surface area contributed by atoms with Gasteiger partial charge < -0.3 is 11.1 Å². The molecular weight excluding hydrogens is 220 g/mol. The molecule has 0 bridgehead atoms. The Kier molecular flexibility index (Phi) is 3.88. The summed E-state index contributed by atoms with van der Waals surface area (Å²) in [7, 11) is 0. The van der Waals surface area contributed by atoms with Gasteiger partial charge in [0.15, 0.2) is 5.16 Å². The third-order valence-electron chi connectivity index (χ3n) is 2.70. The summed E-state index contributed by atoms with van der Waals surface area (Å²) < 4.78 is 0. The van der Waals surface area contributed by atoms with E-state index in [1.807, 2.05) is 6.26 Å². The highest BCUT2D eigenvalue weighted by Gasteiger charge is 2.19. The Bertz CT molecular complexity index is 352. The van der Waals surface area contributed by atoms with Gasteiger partial charge in [-0.2, -0.15) is 0 Å². The van der Waals surface area contributed by atoms with Crippen molar-refractivity contribution >= 4 is 23.4 Å². The molecule has 1 heterocycles. The van der Waals surface area contributed by atoms with Gasteiger partial charge >= 0.3 is 0 Å². The molecule has 0 aliphatic heterocycles. The summed E-state index contributed by atoms with van der Waals surface area (Å²) in [5.41, 5.74) is 5.69. The van der Waals surface area contributed by atoms with Gasteiger partial charge in [0, 0.05) is 12.6 Å². The molecule has 1 saturated carbocycles. The quantitative estimate of drug-likeness (QED) is 0.452. The van der Waals surface area contributed by atoms with E-state index in [2.05, 4.69) is 15.3 Å². The minimum absolute atomic E-state index is 0.532. The van der Waals surface area contributed by atoms with E-state index in [0.717, 1.165) is 23.4 Å². The third-order valence-corrected chi connectivity index (χ3v) is 3.25. The fourth-order valence-corrected chi connectivity index (χ4v) is 2.03. The number of nitrogens with zero attached hydrogens (tertiary/aromatic N) is 2. The number of aromatic nitrogens is 2. The van der Waals surface area contributed by atoms with Gasteiger partial charge in [0.05, 0.1) is 0 Å².